The van der Waals surface area contributed by atoms with Crippen molar-refractivity contribution in [3.63, 3.8) is 0 Å². The molecular weight excluding hydrogens is 356 g/mol. The molecular formula is C21H26N4O3. The van der Waals surface area contributed by atoms with E-state index in [-0.39, 0.29) is 23.6 Å². The number of amides is 2. The number of aromatic nitrogens is 1. The summed E-state index contributed by atoms with van der Waals surface area (Å²) in [5.74, 6) is -0.557. The number of benzene rings is 1. The van der Waals surface area contributed by atoms with Gasteiger partial charge in [-0.2, -0.15) is 0 Å². The normalized spacial score (nSPS) is 15.0. The van der Waals surface area contributed by atoms with Crippen molar-refractivity contribution in [3.05, 3.63) is 53.9 Å². The average molecular weight is 382 g/mol. The predicted octanol–water partition coefficient (Wildman–Crippen LogP) is 2.70. The van der Waals surface area contributed by atoms with E-state index in [0.717, 1.165) is 30.9 Å². The van der Waals surface area contributed by atoms with Crippen molar-refractivity contribution in [2.24, 2.45) is 0 Å². The van der Waals surface area contributed by atoms with E-state index in [1.165, 1.54) is 12.3 Å². The third kappa shape index (κ3) is 4.86. The van der Waals surface area contributed by atoms with Crippen LogP contribution in [0.3, 0.4) is 0 Å². The van der Waals surface area contributed by atoms with Gasteiger partial charge in [-0.05, 0) is 37.6 Å². The van der Waals surface area contributed by atoms with Gasteiger partial charge in [-0.15, -0.1) is 0 Å². The fraction of sp³-hybridized carbons (Fsp3) is 0.381. The summed E-state index contributed by atoms with van der Waals surface area (Å²) in [6.45, 7) is 6.82. The van der Waals surface area contributed by atoms with Crippen LogP contribution >= 0.6 is 0 Å². The summed E-state index contributed by atoms with van der Waals surface area (Å²) < 4.78 is 5.41. The third-order valence-electron chi connectivity index (χ3n) is 4.75. The van der Waals surface area contributed by atoms with Crippen molar-refractivity contribution in [1.82, 2.24) is 10.3 Å². The molecule has 1 aromatic heterocycles. The minimum atomic E-state index is -0.280. The van der Waals surface area contributed by atoms with E-state index in [4.69, 9.17) is 4.74 Å². The first-order chi connectivity index (χ1) is 13.6. The van der Waals surface area contributed by atoms with Crippen molar-refractivity contribution in [2.75, 3.05) is 36.5 Å². The van der Waals surface area contributed by atoms with Crippen molar-refractivity contribution in [2.45, 2.75) is 26.3 Å². The molecule has 2 amide bonds. The molecule has 1 saturated heterocycles. The lowest BCUT2D eigenvalue weighted by Gasteiger charge is -2.30. The molecule has 3 rings (SSSR count). The lowest BCUT2D eigenvalue weighted by atomic mass is 10.1. The number of para-hydroxylation sites is 2. The smallest absolute Gasteiger partial charge is 0.270 e. The monoisotopic (exact) mass is 382 g/mol. The second-order valence-corrected chi connectivity index (χ2v) is 6.78. The number of morpholine rings is 1. The topological polar surface area (TPSA) is 83.6 Å². The quantitative estimate of drug-likeness (QED) is 0.803. The molecule has 1 aliphatic heterocycles. The maximum absolute atomic E-state index is 12.8. The molecule has 1 unspecified atom stereocenters. The SMILES string of the molecule is CCC(C)NC(=O)c1cc(C(=O)Nc2ccccc2N2CCOCC2)ccn1. The number of hydrogen-bond acceptors (Lipinski definition) is 5. The van der Waals surface area contributed by atoms with E-state index in [9.17, 15) is 9.59 Å². The van der Waals surface area contributed by atoms with Gasteiger partial charge in [0, 0.05) is 30.9 Å². The number of anilines is 2. The molecule has 7 heteroatoms. The van der Waals surface area contributed by atoms with E-state index >= 15 is 0 Å². The summed E-state index contributed by atoms with van der Waals surface area (Å²) >= 11 is 0. The van der Waals surface area contributed by atoms with Crippen molar-refractivity contribution in [1.29, 1.82) is 0 Å². The van der Waals surface area contributed by atoms with E-state index in [0.29, 0.717) is 18.8 Å². The van der Waals surface area contributed by atoms with Gasteiger partial charge >= 0.3 is 0 Å². The zero-order valence-electron chi connectivity index (χ0n) is 16.3. The van der Waals surface area contributed by atoms with Crippen molar-refractivity contribution >= 4 is 23.2 Å². The molecule has 7 nitrogen and oxygen atoms in total. The third-order valence-corrected chi connectivity index (χ3v) is 4.75. The Labute approximate surface area is 165 Å². The minimum absolute atomic E-state index is 0.0483. The molecule has 2 aromatic rings. The molecule has 0 spiro atoms. The Morgan fingerprint density at radius 1 is 1.18 bits per heavy atom. The van der Waals surface area contributed by atoms with Crippen LogP contribution in [-0.4, -0.2) is 49.1 Å². The van der Waals surface area contributed by atoms with E-state index in [2.05, 4.69) is 20.5 Å². The highest BCUT2D eigenvalue weighted by Gasteiger charge is 2.17. The van der Waals surface area contributed by atoms with Crippen LogP contribution in [0.4, 0.5) is 11.4 Å². The van der Waals surface area contributed by atoms with Crippen LogP contribution in [0.15, 0.2) is 42.6 Å². The van der Waals surface area contributed by atoms with Gasteiger partial charge in [0.2, 0.25) is 0 Å². The van der Waals surface area contributed by atoms with Crippen LogP contribution < -0.4 is 15.5 Å². The lowest BCUT2D eigenvalue weighted by molar-refractivity contribution is 0.0934. The molecule has 1 atom stereocenters. The van der Waals surface area contributed by atoms with Gasteiger partial charge in [0.15, 0.2) is 0 Å². The summed E-state index contributed by atoms with van der Waals surface area (Å²) in [5.41, 5.74) is 2.32. The van der Waals surface area contributed by atoms with Gasteiger partial charge in [-0.1, -0.05) is 19.1 Å². The molecule has 1 fully saturated rings. The first kappa shape index (κ1) is 19.8. The van der Waals surface area contributed by atoms with Gasteiger partial charge in [-0.25, -0.2) is 0 Å². The Kier molecular flexibility index (Phi) is 6.60. The van der Waals surface area contributed by atoms with Crippen molar-refractivity contribution < 1.29 is 14.3 Å². The van der Waals surface area contributed by atoms with E-state index in [1.807, 2.05) is 38.1 Å². The zero-order valence-corrected chi connectivity index (χ0v) is 16.3. The largest absolute Gasteiger partial charge is 0.378 e. The Hall–Kier alpha value is -2.93. The maximum atomic E-state index is 12.8. The molecule has 0 radical (unpaired) electrons. The second-order valence-electron chi connectivity index (χ2n) is 6.78. The number of nitrogens with zero attached hydrogens (tertiary/aromatic N) is 2. The van der Waals surface area contributed by atoms with Gasteiger partial charge < -0.3 is 20.3 Å². The number of hydrogen-bond donors (Lipinski definition) is 2. The summed E-state index contributed by atoms with van der Waals surface area (Å²) in [7, 11) is 0. The van der Waals surface area contributed by atoms with Gasteiger partial charge in [0.25, 0.3) is 11.8 Å². The number of nitrogens with one attached hydrogen (secondary N) is 2. The molecule has 1 aliphatic rings. The Morgan fingerprint density at radius 3 is 2.68 bits per heavy atom. The Bertz CT molecular complexity index is 834. The standard InChI is InChI=1S/C21H26N4O3/c1-3-15(2)23-21(27)18-14-16(8-9-22-18)20(26)24-17-6-4-5-7-19(17)25-10-12-28-13-11-25/h4-9,14-15H,3,10-13H2,1-2H3,(H,23,27)(H,24,26). The molecule has 2 heterocycles. The van der Waals surface area contributed by atoms with Crippen LogP contribution in [0.5, 0.6) is 0 Å². The van der Waals surface area contributed by atoms with Gasteiger partial charge in [0.1, 0.15) is 5.69 Å². The number of carbonyl (C=O) groups is 2. The fourth-order valence-corrected chi connectivity index (χ4v) is 2.95. The molecule has 148 valence electrons. The summed E-state index contributed by atoms with van der Waals surface area (Å²) in [6, 6.07) is 10.9. The zero-order chi connectivity index (χ0) is 19.9. The maximum Gasteiger partial charge on any atom is 0.270 e. The highest BCUT2D eigenvalue weighted by atomic mass is 16.5. The van der Waals surface area contributed by atoms with E-state index < -0.39 is 0 Å². The highest BCUT2D eigenvalue weighted by molar-refractivity contribution is 6.07. The number of pyridine rings is 1. The summed E-state index contributed by atoms with van der Waals surface area (Å²) in [5, 5.41) is 5.82. The minimum Gasteiger partial charge on any atom is -0.378 e. The van der Waals surface area contributed by atoms with Crippen LogP contribution in [0, 0.1) is 0 Å². The summed E-state index contributed by atoms with van der Waals surface area (Å²) in [4.78, 5) is 31.4. The van der Waals surface area contributed by atoms with Crippen molar-refractivity contribution in [3.8, 4) is 0 Å². The van der Waals surface area contributed by atoms with Crippen LogP contribution in [-0.2, 0) is 4.74 Å². The number of rotatable bonds is 6. The van der Waals surface area contributed by atoms with Gasteiger partial charge in [-0.3, -0.25) is 14.6 Å². The Balaban J connectivity index is 1.75. The lowest BCUT2D eigenvalue weighted by Crippen LogP contribution is -2.36. The van der Waals surface area contributed by atoms with Gasteiger partial charge in [0.05, 0.1) is 24.6 Å². The Morgan fingerprint density at radius 2 is 1.93 bits per heavy atom. The van der Waals surface area contributed by atoms with Crippen LogP contribution in [0.2, 0.25) is 0 Å². The average Bonchev–Trinajstić information content (AvgIpc) is 2.74. The van der Waals surface area contributed by atoms with E-state index in [1.54, 1.807) is 6.07 Å². The highest BCUT2D eigenvalue weighted by Crippen LogP contribution is 2.26. The molecule has 0 aliphatic carbocycles. The molecule has 28 heavy (non-hydrogen) atoms. The molecule has 0 saturated carbocycles. The fourth-order valence-electron chi connectivity index (χ4n) is 2.95. The first-order valence-electron chi connectivity index (χ1n) is 9.58. The summed E-state index contributed by atoms with van der Waals surface area (Å²) in [6.07, 6.45) is 2.30. The van der Waals surface area contributed by atoms with Crippen LogP contribution in [0.1, 0.15) is 41.1 Å². The molecule has 0 bridgehead atoms. The number of ether oxygens (including phenoxy) is 1. The predicted molar refractivity (Wildman–Crippen MR) is 109 cm³/mol. The molecule has 2 N–H and O–H groups in total. The first-order valence-corrected chi connectivity index (χ1v) is 9.58. The second kappa shape index (κ2) is 9.32. The molecule has 1 aromatic carbocycles. The number of carbonyl (C=O) groups excluding carboxylic acids is 2. The van der Waals surface area contributed by atoms with Crippen LogP contribution in [0.25, 0.3) is 0 Å².